The molecule has 1 aromatic carbocycles. The lowest BCUT2D eigenvalue weighted by molar-refractivity contribution is 0.0211. The molecule has 11 heteroatoms. The van der Waals surface area contributed by atoms with E-state index in [1.807, 2.05) is 65.8 Å². The van der Waals surface area contributed by atoms with Crippen molar-refractivity contribution in [3.8, 4) is 22.5 Å². The van der Waals surface area contributed by atoms with Gasteiger partial charge in [0.2, 0.25) is 0 Å². The van der Waals surface area contributed by atoms with Gasteiger partial charge in [-0.15, -0.1) is 0 Å². The molecule has 1 unspecified atom stereocenters. The van der Waals surface area contributed by atoms with Crippen molar-refractivity contribution in [3.05, 3.63) is 60.2 Å². The normalized spacial score (nSPS) is 18.6. The van der Waals surface area contributed by atoms with Gasteiger partial charge in [-0.1, -0.05) is 12.1 Å². The van der Waals surface area contributed by atoms with Crippen molar-refractivity contribution in [2.24, 2.45) is 0 Å². The zero-order chi connectivity index (χ0) is 32.4. The van der Waals surface area contributed by atoms with Crippen molar-refractivity contribution in [1.29, 1.82) is 0 Å². The Morgan fingerprint density at radius 2 is 1.44 bits per heavy atom. The SMILES string of the molecule is CC(C)(C)OC(=O)N1CCCC1CNC(=O)c1ccc(-c2ccc(-c3cnc([C@@H]4CCCN4C(=O)OC(C)(C)C)[nH]3)cn2)cc1. The van der Waals surface area contributed by atoms with Gasteiger partial charge in [-0.25, -0.2) is 14.6 Å². The molecular formula is C34H44N6O5. The van der Waals surface area contributed by atoms with Crippen LogP contribution in [0.4, 0.5) is 9.59 Å². The molecule has 2 saturated heterocycles. The minimum Gasteiger partial charge on any atom is -0.444 e. The third-order valence-electron chi connectivity index (χ3n) is 7.81. The number of ether oxygens (including phenoxy) is 2. The number of rotatable bonds is 6. The molecule has 0 aliphatic carbocycles. The molecule has 3 aromatic rings. The number of H-pyrrole nitrogens is 1. The summed E-state index contributed by atoms with van der Waals surface area (Å²) in [4.78, 5) is 54.2. The number of aromatic nitrogens is 3. The summed E-state index contributed by atoms with van der Waals surface area (Å²) in [6.07, 6.45) is 6.31. The molecule has 3 amide bonds. The number of nitrogens with zero attached hydrogens (tertiary/aromatic N) is 4. The van der Waals surface area contributed by atoms with Crippen LogP contribution in [0.2, 0.25) is 0 Å². The van der Waals surface area contributed by atoms with E-state index in [9.17, 15) is 14.4 Å². The molecule has 0 saturated carbocycles. The first-order chi connectivity index (χ1) is 21.3. The Labute approximate surface area is 264 Å². The van der Waals surface area contributed by atoms with Crippen molar-refractivity contribution in [3.63, 3.8) is 0 Å². The van der Waals surface area contributed by atoms with E-state index in [1.54, 1.807) is 34.3 Å². The molecule has 2 aromatic heterocycles. The molecule has 2 N–H and O–H groups in total. The van der Waals surface area contributed by atoms with Crippen LogP contribution >= 0.6 is 0 Å². The molecule has 2 atom stereocenters. The van der Waals surface area contributed by atoms with Gasteiger partial charge in [-0.2, -0.15) is 0 Å². The second-order valence-electron chi connectivity index (χ2n) is 13.7. The largest absolute Gasteiger partial charge is 0.444 e. The summed E-state index contributed by atoms with van der Waals surface area (Å²) in [6, 6.07) is 11.0. The van der Waals surface area contributed by atoms with Gasteiger partial charge >= 0.3 is 12.2 Å². The summed E-state index contributed by atoms with van der Waals surface area (Å²) in [5, 5.41) is 2.97. The minimum absolute atomic E-state index is 0.0844. The van der Waals surface area contributed by atoms with Gasteiger partial charge in [0.25, 0.3) is 5.91 Å². The highest BCUT2D eigenvalue weighted by molar-refractivity contribution is 5.94. The third-order valence-corrected chi connectivity index (χ3v) is 7.81. The van der Waals surface area contributed by atoms with Crippen LogP contribution in [0.15, 0.2) is 48.8 Å². The smallest absolute Gasteiger partial charge is 0.410 e. The van der Waals surface area contributed by atoms with Crippen LogP contribution in [0, 0.1) is 0 Å². The average molecular weight is 617 g/mol. The Morgan fingerprint density at radius 1 is 0.822 bits per heavy atom. The average Bonchev–Trinajstić information content (AvgIpc) is 3.75. The van der Waals surface area contributed by atoms with Gasteiger partial charge in [-0.05, 0) is 91.5 Å². The second-order valence-corrected chi connectivity index (χ2v) is 13.7. The number of hydrogen-bond acceptors (Lipinski definition) is 7. The molecule has 240 valence electrons. The van der Waals surface area contributed by atoms with Crippen molar-refractivity contribution in [1.82, 2.24) is 30.1 Å². The standard InChI is InChI=1S/C34H44N6O5/c1-33(2,3)44-31(42)39-17-7-9-25(39)20-37-30(41)23-13-11-22(12-14-23)26-16-15-24(19-35-26)27-21-36-29(38-27)28-10-8-18-40(28)32(43)45-34(4,5)6/h11-16,19,21,25,28H,7-10,17-18,20H2,1-6H3,(H,36,38)(H,37,41)/t25?,28-/m0/s1. The first kappa shape index (κ1) is 32.0. The summed E-state index contributed by atoms with van der Waals surface area (Å²) in [5.74, 6) is 0.542. The highest BCUT2D eigenvalue weighted by atomic mass is 16.6. The van der Waals surface area contributed by atoms with Crippen LogP contribution in [0.1, 0.15) is 89.4 Å². The maximum absolute atomic E-state index is 12.9. The highest BCUT2D eigenvalue weighted by Gasteiger charge is 2.35. The van der Waals surface area contributed by atoms with Gasteiger partial charge in [-0.3, -0.25) is 14.7 Å². The maximum atomic E-state index is 12.9. The Bertz CT molecular complexity index is 1500. The van der Waals surface area contributed by atoms with E-state index < -0.39 is 11.2 Å². The summed E-state index contributed by atoms with van der Waals surface area (Å²) < 4.78 is 11.1. The molecular weight excluding hydrogens is 572 g/mol. The fourth-order valence-electron chi connectivity index (χ4n) is 5.68. The molecule has 11 nitrogen and oxygen atoms in total. The number of likely N-dealkylation sites (tertiary alicyclic amines) is 2. The lowest BCUT2D eigenvalue weighted by Gasteiger charge is -2.28. The number of benzene rings is 1. The Morgan fingerprint density at radius 3 is 2.09 bits per heavy atom. The predicted molar refractivity (Wildman–Crippen MR) is 170 cm³/mol. The molecule has 2 fully saturated rings. The Balaban J connectivity index is 1.17. The maximum Gasteiger partial charge on any atom is 0.410 e. The third kappa shape index (κ3) is 8.01. The zero-order valence-corrected chi connectivity index (χ0v) is 27.1. The molecule has 2 aliphatic rings. The van der Waals surface area contributed by atoms with Crippen LogP contribution < -0.4 is 5.32 Å². The summed E-state index contributed by atoms with van der Waals surface area (Å²) in [7, 11) is 0. The fraction of sp³-hybridized carbons (Fsp3) is 0.500. The van der Waals surface area contributed by atoms with Crippen LogP contribution in [0.3, 0.4) is 0 Å². The van der Waals surface area contributed by atoms with E-state index in [2.05, 4.69) is 20.3 Å². The van der Waals surface area contributed by atoms with Crippen LogP contribution in [-0.4, -0.2) is 79.7 Å². The summed E-state index contributed by atoms with van der Waals surface area (Å²) >= 11 is 0. The van der Waals surface area contributed by atoms with E-state index in [0.717, 1.165) is 54.0 Å². The minimum atomic E-state index is -0.560. The van der Waals surface area contributed by atoms with Gasteiger partial charge in [0.05, 0.1) is 29.7 Å². The monoisotopic (exact) mass is 616 g/mol. The van der Waals surface area contributed by atoms with Gasteiger partial charge in [0.1, 0.15) is 17.0 Å². The molecule has 5 rings (SSSR count). The first-order valence-corrected chi connectivity index (χ1v) is 15.7. The van der Waals surface area contributed by atoms with E-state index in [0.29, 0.717) is 25.2 Å². The summed E-state index contributed by atoms with van der Waals surface area (Å²) in [6.45, 7) is 12.8. The number of amides is 3. The molecule has 0 radical (unpaired) electrons. The van der Waals surface area contributed by atoms with Crippen molar-refractivity contribution in [2.75, 3.05) is 19.6 Å². The molecule has 2 aliphatic heterocycles. The van der Waals surface area contributed by atoms with Gasteiger partial charge in [0, 0.05) is 42.5 Å². The summed E-state index contributed by atoms with van der Waals surface area (Å²) in [5.41, 5.74) is 2.78. The van der Waals surface area contributed by atoms with Crippen LogP contribution in [0.25, 0.3) is 22.5 Å². The molecule has 0 bridgehead atoms. The second kappa shape index (κ2) is 12.9. The number of carbonyl (C=O) groups excluding carboxylic acids is 3. The van der Waals surface area contributed by atoms with E-state index >= 15 is 0 Å². The van der Waals surface area contributed by atoms with Crippen molar-refractivity contribution >= 4 is 18.1 Å². The molecule has 4 heterocycles. The van der Waals surface area contributed by atoms with E-state index in [1.165, 1.54) is 0 Å². The highest BCUT2D eigenvalue weighted by Crippen LogP contribution is 2.33. The predicted octanol–water partition coefficient (Wildman–Crippen LogP) is 6.34. The van der Waals surface area contributed by atoms with Crippen molar-refractivity contribution in [2.45, 2.75) is 90.5 Å². The van der Waals surface area contributed by atoms with Gasteiger partial charge in [0.15, 0.2) is 0 Å². The lowest BCUT2D eigenvalue weighted by atomic mass is 10.1. The quantitative estimate of drug-likeness (QED) is 0.331. The molecule has 45 heavy (non-hydrogen) atoms. The van der Waals surface area contributed by atoms with Crippen LogP contribution in [0.5, 0.6) is 0 Å². The molecule has 0 spiro atoms. The Hall–Kier alpha value is -4.41. The topological polar surface area (TPSA) is 130 Å². The van der Waals surface area contributed by atoms with E-state index in [4.69, 9.17) is 9.47 Å². The number of pyridine rings is 1. The number of nitrogens with one attached hydrogen (secondary N) is 2. The number of imidazole rings is 1. The Kier molecular flexibility index (Phi) is 9.18. The van der Waals surface area contributed by atoms with Crippen molar-refractivity contribution < 1.29 is 23.9 Å². The van der Waals surface area contributed by atoms with E-state index in [-0.39, 0.29) is 30.2 Å². The number of carbonyl (C=O) groups is 3. The first-order valence-electron chi connectivity index (χ1n) is 15.7. The lowest BCUT2D eigenvalue weighted by Crippen LogP contribution is -2.45. The fourth-order valence-corrected chi connectivity index (χ4v) is 5.68. The number of hydrogen-bond donors (Lipinski definition) is 2. The zero-order valence-electron chi connectivity index (χ0n) is 27.1. The van der Waals surface area contributed by atoms with Gasteiger partial charge < -0.3 is 24.7 Å². The number of aromatic amines is 1. The van der Waals surface area contributed by atoms with Crippen LogP contribution in [-0.2, 0) is 9.47 Å².